The first kappa shape index (κ1) is 22.6. The highest BCUT2D eigenvalue weighted by Crippen LogP contribution is 1.88. The number of carbonyl (C=O) groups is 3. The van der Waals surface area contributed by atoms with Crippen molar-refractivity contribution >= 4 is 55.8 Å². The summed E-state index contributed by atoms with van der Waals surface area (Å²) in [7, 11) is 0. The van der Waals surface area contributed by atoms with Crippen molar-refractivity contribution in [2.24, 2.45) is 0 Å². The summed E-state index contributed by atoms with van der Waals surface area (Å²) in [6, 6.07) is 0. The summed E-state index contributed by atoms with van der Waals surface area (Å²) in [4.78, 5) is 28.8. The van der Waals surface area contributed by atoms with Gasteiger partial charge in [0.05, 0.1) is 16.9 Å². The van der Waals surface area contributed by atoms with Crippen molar-refractivity contribution in [3.63, 3.8) is 0 Å². The molecule has 0 aromatic rings. The lowest BCUT2D eigenvalue weighted by Gasteiger charge is -1.88. The van der Waals surface area contributed by atoms with Crippen molar-refractivity contribution in [1.82, 2.24) is 0 Å². The van der Waals surface area contributed by atoms with Gasteiger partial charge in [0.2, 0.25) is 0 Å². The second-order valence-corrected chi connectivity index (χ2v) is 4.89. The Morgan fingerprint density at radius 1 is 0.944 bits per heavy atom. The number of carboxylic acid groups (broad SMARTS) is 3. The predicted octanol–water partition coefficient (Wildman–Crippen LogP) is 1.17. The zero-order valence-electron chi connectivity index (χ0n) is 9.98. The summed E-state index contributed by atoms with van der Waals surface area (Å²) in [6.07, 6.45) is 0.156. The molecule has 2 unspecified atom stereocenters. The van der Waals surface area contributed by atoms with Crippen LogP contribution in [-0.2, 0) is 14.4 Å². The molecule has 0 aliphatic heterocycles. The first-order valence-electron chi connectivity index (χ1n) is 4.70. The molecule has 9 heteroatoms. The van der Waals surface area contributed by atoms with Gasteiger partial charge in [-0.15, -0.1) is 0 Å². The van der Waals surface area contributed by atoms with E-state index in [2.05, 4.69) is 37.9 Å². The minimum absolute atomic E-state index is 0.156. The van der Waals surface area contributed by atoms with Crippen molar-refractivity contribution in [2.45, 2.75) is 30.8 Å². The van der Waals surface area contributed by atoms with Crippen molar-refractivity contribution in [3.05, 3.63) is 0 Å². The Hall–Kier alpha value is -0.540. The maximum atomic E-state index is 9.62. The van der Waals surface area contributed by atoms with Crippen LogP contribution in [0.3, 0.4) is 0 Å². The Morgan fingerprint density at radius 2 is 1.17 bits per heavy atom. The number of rotatable bonds is 4. The number of hydrogen-bond acceptors (Lipinski definition) is 6. The molecule has 0 aromatic carbocycles. The van der Waals surface area contributed by atoms with Gasteiger partial charge in [-0.25, -0.2) is 0 Å². The normalized spacial score (nSPS) is 11.8. The summed E-state index contributed by atoms with van der Waals surface area (Å²) >= 11 is 10.9. The van der Waals surface area contributed by atoms with E-state index in [-0.39, 0.29) is 6.42 Å². The fraction of sp³-hybridized carbons (Fsp3) is 0.667. The largest absolute Gasteiger partial charge is 0.481 e. The topological polar surface area (TPSA) is 112 Å². The van der Waals surface area contributed by atoms with Crippen LogP contribution < -0.4 is 0 Å². The molecule has 0 heterocycles. The van der Waals surface area contributed by atoms with E-state index < -0.39 is 28.4 Å². The Balaban J connectivity index is -0.000000187. The van der Waals surface area contributed by atoms with E-state index in [1.807, 2.05) is 0 Å². The van der Waals surface area contributed by atoms with Crippen LogP contribution >= 0.6 is 37.9 Å². The molecule has 0 amide bonds. The van der Waals surface area contributed by atoms with Crippen LogP contribution in [0.2, 0.25) is 0 Å². The van der Waals surface area contributed by atoms with Gasteiger partial charge in [-0.05, 0) is 13.8 Å². The van der Waals surface area contributed by atoms with Crippen LogP contribution in [0.4, 0.5) is 0 Å². The van der Waals surface area contributed by atoms with Crippen LogP contribution in [-0.4, -0.2) is 49.5 Å². The highest BCUT2D eigenvalue weighted by molar-refractivity contribution is 7.82. The molecule has 6 nitrogen and oxygen atoms in total. The molecule has 0 spiro atoms. The molecule has 3 N–H and O–H groups in total. The first-order chi connectivity index (χ1) is 8.06. The number of carboxylic acids is 3. The van der Waals surface area contributed by atoms with E-state index >= 15 is 0 Å². The zero-order chi connectivity index (χ0) is 15.3. The Morgan fingerprint density at radius 3 is 1.17 bits per heavy atom. The van der Waals surface area contributed by atoms with Gasteiger partial charge < -0.3 is 15.3 Å². The second kappa shape index (κ2) is 14.5. The Bertz CT molecular complexity index is 237. The average Bonchev–Trinajstić information content (AvgIpc) is 2.18. The van der Waals surface area contributed by atoms with Gasteiger partial charge in [-0.2, -0.15) is 37.9 Å². The van der Waals surface area contributed by atoms with E-state index in [4.69, 9.17) is 15.3 Å². The van der Waals surface area contributed by atoms with Crippen LogP contribution in [0.25, 0.3) is 0 Å². The van der Waals surface area contributed by atoms with Gasteiger partial charge in [0.1, 0.15) is 0 Å². The summed E-state index contributed by atoms with van der Waals surface area (Å²) < 4.78 is 0. The van der Waals surface area contributed by atoms with E-state index in [1.165, 1.54) is 13.8 Å². The van der Waals surface area contributed by atoms with Gasteiger partial charge >= 0.3 is 17.9 Å². The number of aliphatic carboxylic acids is 3. The van der Waals surface area contributed by atoms with E-state index in [1.54, 1.807) is 0 Å². The number of hydrogen-bond donors (Lipinski definition) is 6. The maximum absolute atomic E-state index is 9.62. The first-order valence-corrected chi connectivity index (χ1v) is 6.37. The minimum atomic E-state index is -0.877. The molecule has 0 aromatic heterocycles. The predicted molar refractivity (Wildman–Crippen MR) is 78.3 cm³/mol. The molecule has 0 fully saturated rings. The molecule has 0 radical (unpaired) electrons. The molecular weight excluding hydrogens is 300 g/mol. The highest BCUT2D eigenvalue weighted by Gasteiger charge is 2.00. The smallest absolute Gasteiger partial charge is 0.316 e. The van der Waals surface area contributed by atoms with E-state index in [0.29, 0.717) is 5.75 Å². The van der Waals surface area contributed by atoms with Crippen molar-refractivity contribution in [2.75, 3.05) is 5.75 Å². The lowest BCUT2D eigenvalue weighted by molar-refractivity contribution is -0.137. The van der Waals surface area contributed by atoms with Gasteiger partial charge in [-0.3, -0.25) is 14.4 Å². The van der Waals surface area contributed by atoms with Gasteiger partial charge in [0, 0.05) is 5.75 Å². The molecule has 0 aliphatic carbocycles. The van der Waals surface area contributed by atoms with E-state index in [9.17, 15) is 14.4 Å². The standard InChI is InChI=1S/3C3H6O2S/c2*1-2(6)3(4)5;4-3(5)1-2-6/h2*2,6H,1H3,(H,4,5);6H,1-2H2,(H,4,5). The maximum Gasteiger partial charge on any atom is 0.316 e. The minimum Gasteiger partial charge on any atom is -0.481 e. The quantitative estimate of drug-likeness (QED) is 0.434. The summed E-state index contributed by atoms with van der Waals surface area (Å²) in [5.41, 5.74) is 0. The molecule has 0 aliphatic rings. The van der Waals surface area contributed by atoms with Crippen LogP contribution in [0, 0.1) is 0 Å². The zero-order valence-corrected chi connectivity index (χ0v) is 12.7. The molecule has 18 heavy (non-hydrogen) atoms. The lowest BCUT2D eigenvalue weighted by atomic mass is 10.5. The molecule has 2 atom stereocenters. The van der Waals surface area contributed by atoms with Gasteiger partial charge in [-0.1, -0.05) is 0 Å². The molecule has 0 bridgehead atoms. The van der Waals surface area contributed by atoms with Crippen molar-refractivity contribution in [3.8, 4) is 0 Å². The van der Waals surface area contributed by atoms with Crippen LogP contribution in [0.5, 0.6) is 0 Å². The average molecular weight is 318 g/mol. The molecule has 0 rings (SSSR count). The Kier molecular flexibility index (Phi) is 18.3. The fourth-order valence-electron chi connectivity index (χ4n) is 0.0956. The third kappa shape index (κ3) is 29.5. The summed E-state index contributed by atoms with van der Waals surface area (Å²) in [6.45, 7) is 3.01. The van der Waals surface area contributed by atoms with Crippen molar-refractivity contribution in [1.29, 1.82) is 0 Å². The summed E-state index contributed by atoms with van der Waals surface area (Å²) in [5.74, 6) is -2.11. The van der Waals surface area contributed by atoms with Gasteiger partial charge in [0.15, 0.2) is 0 Å². The third-order valence-electron chi connectivity index (χ3n) is 1.04. The monoisotopic (exact) mass is 318 g/mol. The lowest BCUT2D eigenvalue weighted by Crippen LogP contribution is -2.06. The molecule has 108 valence electrons. The molecular formula is C9H18O6S3. The van der Waals surface area contributed by atoms with Crippen LogP contribution in [0.1, 0.15) is 20.3 Å². The summed E-state index contributed by atoms with van der Waals surface area (Å²) in [5, 5.41) is 22.6. The Labute approximate surface area is 122 Å². The SMILES string of the molecule is CC(S)C(=O)O.CC(S)C(=O)O.O=C(O)CCS. The van der Waals surface area contributed by atoms with Crippen molar-refractivity contribution < 1.29 is 29.7 Å². The molecule has 0 saturated heterocycles. The fourth-order valence-corrected chi connectivity index (χ4v) is 0.287. The highest BCUT2D eigenvalue weighted by atomic mass is 32.1. The van der Waals surface area contributed by atoms with Gasteiger partial charge in [0.25, 0.3) is 0 Å². The van der Waals surface area contributed by atoms with Crippen LogP contribution in [0.15, 0.2) is 0 Å². The second-order valence-electron chi connectivity index (χ2n) is 2.90. The molecule has 0 saturated carbocycles. The van der Waals surface area contributed by atoms with E-state index in [0.717, 1.165) is 0 Å². The number of thiol groups is 3. The third-order valence-corrected chi connectivity index (χ3v) is 1.71.